The average molecular weight is 409 g/mol. The van der Waals surface area contributed by atoms with Gasteiger partial charge in [0.25, 0.3) is 0 Å². The number of carbonyl (C=O) groups is 1. The average Bonchev–Trinajstić information content (AvgIpc) is 2.74. The molecular weight excluding hydrogens is 380 g/mol. The van der Waals surface area contributed by atoms with Crippen LogP contribution in [0.25, 0.3) is 0 Å². The number of hydrogen-bond acceptors (Lipinski definition) is 9. The van der Waals surface area contributed by atoms with Gasteiger partial charge in [0.2, 0.25) is 0 Å². The van der Waals surface area contributed by atoms with Crippen molar-refractivity contribution >= 4 is 23.1 Å². The summed E-state index contributed by atoms with van der Waals surface area (Å²) in [4.78, 5) is 26.8. The van der Waals surface area contributed by atoms with Crippen molar-refractivity contribution in [2.24, 2.45) is 5.92 Å². The van der Waals surface area contributed by atoms with Crippen LogP contribution in [0.3, 0.4) is 0 Å². The number of pyridine rings is 1. The molecule has 0 saturated carbocycles. The summed E-state index contributed by atoms with van der Waals surface area (Å²) in [6.45, 7) is 3.31. The SMILES string of the molecule is CN(C)CC(=O)Cc1cnc(Nc2cnc(C#N)cn2)cc1NCC1CCCNC1. The Morgan fingerprint density at radius 1 is 1.27 bits per heavy atom. The molecule has 1 unspecified atom stereocenters. The van der Waals surface area contributed by atoms with Crippen molar-refractivity contribution in [2.75, 3.05) is 50.9 Å². The highest BCUT2D eigenvalue weighted by Crippen LogP contribution is 2.23. The Hall–Kier alpha value is -3.09. The Kier molecular flexibility index (Phi) is 7.65. The van der Waals surface area contributed by atoms with Crippen LogP contribution >= 0.6 is 0 Å². The van der Waals surface area contributed by atoms with Crippen molar-refractivity contribution in [1.82, 2.24) is 25.2 Å². The normalized spacial score (nSPS) is 16.1. The van der Waals surface area contributed by atoms with E-state index in [-0.39, 0.29) is 11.5 Å². The molecule has 0 aliphatic carbocycles. The molecule has 1 fully saturated rings. The highest BCUT2D eigenvalue weighted by atomic mass is 16.1. The monoisotopic (exact) mass is 408 g/mol. The molecule has 2 aromatic rings. The molecule has 0 amide bonds. The topological polar surface area (TPSA) is 119 Å². The Bertz CT molecular complexity index is 885. The molecule has 2 aromatic heterocycles. The van der Waals surface area contributed by atoms with E-state index < -0.39 is 0 Å². The van der Waals surface area contributed by atoms with E-state index in [1.165, 1.54) is 25.2 Å². The summed E-state index contributed by atoms with van der Waals surface area (Å²) in [5.74, 6) is 1.79. The summed E-state index contributed by atoms with van der Waals surface area (Å²) in [5, 5.41) is 18.9. The van der Waals surface area contributed by atoms with Crippen molar-refractivity contribution in [1.29, 1.82) is 5.26 Å². The zero-order valence-corrected chi connectivity index (χ0v) is 17.5. The van der Waals surface area contributed by atoms with Gasteiger partial charge in [0.05, 0.1) is 18.9 Å². The largest absolute Gasteiger partial charge is 0.384 e. The lowest BCUT2D eigenvalue weighted by atomic mass is 9.99. The molecule has 158 valence electrons. The first kappa shape index (κ1) is 21.6. The summed E-state index contributed by atoms with van der Waals surface area (Å²) in [5.41, 5.74) is 2.03. The van der Waals surface area contributed by atoms with Crippen molar-refractivity contribution in [2.45, 2.75) is 19.3 Å². The predicted octanol–water partition coefficient (Wildman–Crippen LogP) is 1.57. The van der Waals surface area contributed by atoms with Gasteiger partial charge < -0.3 is 20.9 Å². The number of Topliss-reactive ketones (excluding diaryl/α,β-unsaturated/α-hetero) is 1. The first-order chi connectivity index (χ1) is 14.5. The van der Waals surface area contributed by atoms with E-state index >= 15 is 0 Å². The quantitative estimate of drug-likeness (QED) is 0.568. The Balaban J connectivity index is 1.75. The van der Waals surface area contributed by atoms with Crippen molar-refractivity contribution in [3.05, 3.63) is 35.9 Å². The zero-order valence-electron chi connectivity index (χ0n) is 17.5. The fraction of sp³-hybridized carbons (Fsp3) is 0.476. The van der Waals surface area contributed by atoms with Gasteiger partial charge in [-0.2, -0.15) is 5.26 Å². The lowest BCUT2D eigenvalue weighted by molar-refractivity contribution is -0.119. The molecule has 0 bridgehead atoms. The number of nitrogens with one attached hydrogen (secondary N) is 3. The molecule has 3 heterocycles. The number of rotatable bonds is 9. The van der Waals surface area contributed by atoms with Gasteiger partial charge >= 0.3 is 0 Å². The molecule has 1 aliphatic rings. The number of anilines is 3. The van der Waals surface area contributed by atoms with Gasteiger partial charge in [0.1, 0.15) is 17.7 Å². The van der Waals surface area contributed by atoms with Crippen molar-refractivity contribution in [3.63, 3.8) is 0 Å². The predicted molar refractivity (Wildman–Crippen MR) is 116 cm³/mol. The molecule has 1 atom stereocenters. The maximum atomic E-state index is 12.3. The van der Waals surface area contributed by atoms with Gasteiger partial charge in [-0.25, -0.2) is 15.0 Å². The van der Waals surface area contributed by atoms with E-state index in [2.05, 4.69) is 30.9 Å². The van der Waals surface area contributed by atoms with Crippen molar-refractivity contribution < 1.29 is 4.79 Å². The maximum Gasteiger partial charge on any atom is 0.158 e. The first-order valence-corrected chi connectivity index (χ1v) is 10.1. The third-order valence-electron chi connectivity index (χ3n) is 4.87. The van der Waals surface area contributed by atoms with Crippen LogP contribution in [-0.2, 0) is 11.2 Å². The fourth-order valence-electron chi connectivity index (χ4n) is 3.41. The van der Waals surface area contributed by atoms with Crippen LogP contribution in [0.2, 0.25) is 0 Å². The molecule has 3 N–H and O–H groups in total. The second kappa shape index (κ2) is 10.6. The van der Waals surface area contributed by atoms with E-state index in [1.54, 1.807) is 6.20 Å². The zero-order chi connectivity index (χ0) is 21.3. The van der Waals surface area contributed by atoms with E-state index in [9.17, 15) is 4.79 Å². The van der Waals surface area contributed by atoms with Crippen LogP contribution in [0.15, 0.2) is 24.7 Å². The van der Waals surface area contributed by atoms with Gasteiger partial charge in [-0.1, -0.05) is 0 Å². The van der Waals surface area contributed by atoms with Crippen LogP contribution in [0, 0.1) is 17.2 Å². The number of aromatic nitrogens is 3. The van der Waals surface area contributed by atoms with Crippen LogP contribution in [0.4, 0.5) is 17.3 Å². The van der Waals surface area contributed by atoms with Gasteiger partial charge in [0, 0.05) is 36.5 Å². The smallest absolute Gasteiger partial charge is 0.158 e. The minimum Gasteiger partial charge on any atom is -0.384 e. The van der Waals surface area contributed by atoms with Crippen molar-refractivity contribution in [3.8, 4) is 6.07 Å². The molecular formula is C21H28N8O. The molecule has 9 nitrogen and oxygen atoms in total. The van der Waals surface area contributed by atoms with E-state index in [0.717, 1.165) is 30.9 Å². The maximum absolute atomic E-state index is 12.3. The lowest BCUT2D eigenvalue weighted by Gasteiger charge is -2.24. The molecule has 3 rings (SSSR count). The third-order valence-corrected chi connectivity index (χ3v) is 4.87. The van der Waals surface area contributed by atoms with Gasteiger partial charge in [0.15, 0.2) is 11.5 Å². The molecule has 0 radical (unpaired) electrons. The second-order valence-corrected chi connectivity index (χ2v) is 7.80. The highest BCUT2D eigenvalue weighted by molar-refractivity contribution is 5.84. The Morgan fingerprint density at radius 2 is 2.10 bits per heavy atom. The molecule has 9 heteroatoms. The summed E-state index contributed by atoms with van der Waals surface area (Å²) >= 11 is 0. The van der Waals surface area contributed by atoms with Gasteiger partial charge in [-0.05, 0) is 45.9 Å². The number of hydrogen-bond donors (Lipinski definition) is 3. The number of carbonyl (C=O) groups excluding carboxylic acids is 1. The Labute approximate surface area is 176 Å². The van der Waals surface area contributed by atoms with Gasteiger partial charge in [-0.15, -0.1) is 0 Å². The standard InChI is InChI=1S/C21H28N8O/c1-29(2)14-18(30)6-16-11-26-20(28-21-13-24-17(8-22)12-27-21)7-19(16)25-10-15-4-3-5-23-9-15/h7,11-13,15,23H,3-6,9-10,14H2,1-2H3,(H2,25,26,27,28). The van der Waals surface area contributed by atoms with Crippen LogP contribution < -0.4 is 16.0 Å². The molecule has 1 saturated heterocycles. The summed E-state index contributed by atoms with van der Waals surface area (Å²) in [7, 11) is 3.77. The molecule has 0 aromatic carbocycles. The Morgan fingerprint density at radius 3 is 2.77 bits per heavy atom. The molecule has 0 spiro atoms. The van der Waals surface area contributed by atoms with E-state index in [0.29, 0.717) is 30.5 Å². The van der Waals surface area contributed by atoms with E-state index in [4.69, 9.17) is 5.26 Å². The van der Waals surface area contributed by atoms with Gasteiger partial charge in [-0.3, -0.25) is 4.79 Å². The fourth-order valence-corrected chi connectivity index (χ4v) is 3.41. The third kappa shape index (κ3) is 6.47. The summed E-state index contributed by atoms with van der Waals surface area (Å²) in [6.07, 6.45) is 7.33. The lowest BCUT2D eigenvalue weighted by Crippen LogP contribution is -2.33. The first-order valence-electron chi connectivity index (χ1n) is 10.1. The number of ketones is 1. The number of piperidine rings is 1. The van der Waals surface area contributed by atoms with Crippen LogP contribution in [0.5, 0.6) is 0 Å². The van der Waals surface area contributed by atoms with E-state index in [1.807, 2.05) is 31.1 Å². The summed E-state index contributed by atoms with van der Waals surface area (Å²) < 4.78 is 0. The second-order valence-electron chi connectivity index (χ2n) is 7.80. The number of nitriles is 1. The van der Waals surface area contributed by atoms with Crippen LogP contribution in [-0.4, -0.2) is 65.9 Å². The molecule has 30 heavy (non-hydrogen) atoms. The minimum absolute atomic E-state index is 0.142. The number of nitrogens with zero attached hydrogens (tertiary/aromatic N) is 5. The minimum atomic E-state index is 0.142. The molecule has 1 aliphatic heterocycles. The number of likely N-dealkylation sites (N-methyl/N-ethyl adjacent to an activating group) is 1. The van der Waals surface area contributed by atoms with Crippen LogP contribution in [0.1, 0.15) is 24.1 Å². The highest BCUT2D eigenvalue weighted by Gasteiger charge is 2.15. The summed E-state index contributed by atoms with van der Waals surface area (Å²) in [6, 6.07) is 3.84.